The minimum atomic E-state index is -0.00792. The van der Waals surface area contributed by atoms with Gasteiger partial charge in [0.25, 0.3) is 0 Å². The van der Waals surface area contributed by atoms with Crippen molar-refractivity contribution in [2.75, 3.05) is 7.05 Å². The van der Waals surface area contributed by atoms with E-state index >= 15 is 0 Å². The van der Waals surface area contributed by atoms with Crippen LogP contribution in [0.1, 0.15) is 27.7 Å². The third kappa shape index (κ3) is 3.60. The Morgan fingerprint density at radius 1 is 1.38 bits per heavy atom. The zero-order chi connectivity index (χ0) is 10.5. The second-order valence-electron chi connectivity index (χ2n) is 3.71. The molecular weight excluding hydrogens is 158 g/mol. The van der Waals surface area contributed by atoms with E-state index in [1.807, 2.05) is 20.0 Å². The molecule has 74 valence electrons. The van der Waals surface area contributed by atoms with Crippen molar-refractivity contribution in [1.82, 2.24) is 5.32 Å². The highest BCUT2D eigenvalue weighted by Crippen LogP contribution is 2.18. The summed E-state index contributed by atoms with van der Waals surface area (Å²) in [5, 5.41) is 3.26. The summed E-state index contributed by atoms with van der Waals surface area (Å²) in [6, 6.07) is 0. The molecule has 0 saturated heterocycles. The van der Waals surface area contributed by atoms with Gasteiger partial charge >= 0.3 is 0 Å². The van der Waals surface area contributed by atoms with Gasteiger partial charge in [0.2, 0.25) is 0 Å². The highest BCUT2D eigenvalue weighted by atomic mass is 14.9. The van der Waals surface area contributed by atoms with Gasteiger partial charge in [-0.25, -0.2) is 0 Å². The molecule has 0 radical (unpaired) electrons. The molecule has 0 atom stereocenters. The molecule has 0 aliphatic rings. The van der Waals surface area contributed by atoms with Crippen LogP contribution in [0.5, 0.6) is 0 Å². The Labute approximate surface area is 82.2 Å². The Bertz CT molecular complexity index is 232. The number of likely N-dealkylation sites (N-methyl/N-ethyl adjacent to an activating group) is 1. The van der Waals surface area contributed by atoms with Crippen LogP contribution >= 0.6 is 0 Å². The van der Waals surface area contributed by atoms with E-state index in [-0.39, 0.29) is 5.54 Å². The molecular formula is C12H21N. The number of nitrogens with one attached hydrogen (secondary N) is 1. The molecule has 0 fully saturated rings. The van der Waals surface area contributed by atoms with Crippen LogP contribution in [-0.4, -0.2) is 12.6 Å². The van der Waals surface area contributed by atoms with Gasteiger partial charge in [0.05, 0.1) is 0 Å². The second kappa shape index (κ2) is 5.03. The van der Waals surface area contributed by atoms with Gasteiger partial charge in [-0.05, 0) is 40.3 Å². The first kappa shape index (κ1) is 12.2. The molecule has 0 aliphatic heterocycles. The van der Waals surface area contributed by atoms with Gasteiger partial charge in [-0.15, -0.1) is 0 Å². The Morgan fingerprint density at radius 2 is 1.92 bits per heavy atom. The SMILES string of the molecule is C=C/C(=C\C(C)=C/C)C(C)(C)NC. The molecule has 0 aromatic heterocycles. The first-order valence-corrected chi connectivity index (χ1v) is 4.64. The largest absolute Gasteiger partial charge is 0.311 e. The molecule has 0 rings (SSSR count). The summed E-state index contributed by atoms with van der Waals surface area (Å²) in [4.78, 5) is 0. The smallest absolute Gasteiger partial charge is 0.0374 e. The third-order valence-electron chi connectivity index (χ3n) is 2.41. The summed E-state index contributed by atoms with van der Waals surface area (Å²) in [7, 11) is 1.96. The summed E-state index contributed by atoms with van der Waals surface area (Å²) in [5.74, 6) is 0. The van der Waals surface area contributed by atoms with Gasteiger partial charge in [0.15, 0.2) is 0 Å². The number of allylic oxidation sites excluding steroid dienone is 3. The van der Waals surface area contributed by atoms with Crippen LogP contribution in [0, 0.1) is 0 Å². The van der Waals surface area contributed by atoms with E-state index in [2.05, 4.69) is 44.8 Å². The summed E-state index contributed by atoms with van der Waals surface area (Å²) in [5.41, 5.74) is 2.47. The normalized spacial score (nSPS) is 14.5. The molecule has 1 heteroatoms. The predicted octanol–water partition coefficient (Wildman–Crippen LogP) is 3.06. The molecule has 13 heavy (non-hydrogen) atoms. The highest BCUT2D eigenvalue weighted by Gasteiger charge is 2.17. The maximum Gasteiger partial charge on any atom is 0.0374 e. The Kier molecular flexibility index (Phi) is 4.71. The fourth-order valence-corrected chi connectivity index (χ4v) is 0.967. The molecule has 0 unspecified atom stereocenters. The fraction of sp³-hybridized carbons (Fsp3) is 0.500. The molecule has 0 spiro atoms. The monoisotopic (exact) mass is 179 g/mol. The van der Waals surface area contributed by atoms with E-state index < -0.39 is 0 Å². The third-order valence-corrected chi connectivity index (χ3v) is 2.41. The second-order valence-corrected chi connectivity index (χ2v) is 3.71. The molecule has 0 aromatic carbocycles. The lowest BCUT2D eigenvalue weighted by molar-refractivity contribution is 0.507. The van der Waals surface area contributed by atoms with Crippen molar-refractivity contribution in [3.8, 4) is 0 Å². The van der Waals surface area contributed by atoms with Crippen LogP contribution in [0.3, 0.4) is 0 Å². The van der Waals surface area contributed by atoms with Crippen LogP contribution in [0.25, 0.3) is 0 Å². The maximum atomic E-state index is 3.83. The molecule has 0 aromatic rings. The molecule has 0 aliphatic carbocycles. The minimum Gasteiger partial charge on any atom is -0.311 e. The van der Waals surface area contributed by atoms with Crippen LogP contribution in [-0.2, 0) is 0 Å². The molecule has 0 saturated carbocycles. The van der Waals surface area contributed by atoms with Gasteiger partial charge in [-0.3, -0.25) is 0 Å². The van der Waals surface area contributed by atoms with Crippen LogP contribution in [0.4, 0.5) is 0 Å². The van der Waals surface area contributed by atoms with Crippen molar-refractivity contribution in [3.05, 3.63) is 36.0 Å². The van der Waals surface area contributed by atoms with Crippen molar-refractivity contribution in [1.29, 1.82) is 0 Å². The Hall–Kier alpha value is -0.820. The van der Waals surface area contributed by atoms with Gasteiger partial charge in [-0.1, -0.05) is 30.4 Å². The molecule has 0 heterocycles. The van der Waals surface area contributed by atoms with Gasteiger partial charge < -0.3 is 5.32 Å². The summed E-state index contributed by atoms with van der Waals surface area (Å²) in [6.45, 7) is 12.2. The van der Waals surface area contributed by atoms with E-state index in [1.54, 1.807) is 0 Å². The van der Waals surface area contributed by atoms with E-state index in [9.17, 15) is 0 Å². The van der Waals surface area contributed by atoms with Crippen LogP contribution in [0.15, 0.2) is 36.0 Å². The van der Waals surface area contributed by atoms with Crippen LogP contribution < -0.4 is 5.32 Å². The lowest BCUT2D eigenvalue weighted by atomic mass is 9.92. The van der Waals surface area contributed by atoms with Crippen LogP contribution in [0.2, 0.25) is 0 Å². The zero-order valence-corrected chi connectivity index (χ0v) is 9.44. The first-order valence-electron chi connectivity index (χ1n) is 4.64. The zero-order valence-electron chi connectivity index (χ0n) is 9.44. The Morgan fingerprint density at radius 3 is 2.23 bits per heavy atom. The van der Waals surface area contributed by atoms with Gasteiger partial charge in [-0.2, -0.15) is 0 Å². The topological polar surface area (TPSA) is 12.0 Å². The van der Waals surface area contributed by atoms with E-state index in [1.165, 1.54) is 11.1 Å². The van der Waals surface area contributed by atoms with E-state index in [4.69, 9.17) is 0 Å². The van der Waals surface area contributed by atoms with Gasteiger partial charge in [0, 0.05) is 5.54 Å². The van der Waals surface area contributed by atoms with Crippen molar-refractivity contribution in [3.63, 3.8) is 0 Å². The van der Waals surface area contributed by atoms with Crippen molar-refractivity contribution >= 4 is 0 Å². The number of hydrogen-bond donors (Lipinski definition) is 1. The van der Waals surface area contributed by atoms with Crippen molar-refractivity contribution in [2.45, 2.75) is 33.2 Å². The lowest BCUT2D eigenvalue weighted by Crippen LogP contribution is -2.37. The fourth-order valence-electron chi connectivity index (χ4n) is 0.967. The molecule has 1 nitrogen and oxygen atoms in total. The maximum absolute atomic E-state index is 3.83. The molecule has 0 bridgehead atoms. The number of hydrogen-bond acceptors (Lipinski definition) is 1. The standard InChI is InChI=1S/C12H21N/c1-7-10(3)9-11(8-2)12(4,5)13-6/h7-9,13H,2H2,1,3-6H3/b10-7-,11-9+. The highest BCUT2D eigenvalue weighted by molar-refractivity contribution is 5.34. The Balaban J connectivity index is 4.90. The van der Waals surface area contributed by atoms with Gasteiger partial charge in [0.1, 0.15) is 0 Å². The van der Waals surface area contributed by atoms with Crippen molar-refractivity contribution < 1.29 is 0 Å². The lowest BCUT2D eigenvalue weighted by Gasteiger charge is -2.25. The molecule has 1 N–H and O–H groups in total. The average molecular weight is 179 g/mol. The number of rotatable bonds is 4. The quantitative estimate of drug-likeness (QED) is 0.654. The minimum absolute atomic E-state index is 0.00792. The van der Waals surface area contributed by atoms with E-state index in [0.29, 0.717) is 0 Å². The average Bonchev–Trinajstić information content (AvgIpc) is 2.13. The van der Waals surface area contributed by atoms with E-state index in [0.717, 1.165) is 0 Å². The summed E-state index contributed by atoms with van der Waals surface area (Å²) < 4.78 is 0. The summed E-state index contributed by atoms with van der Waals surface area (Å²) >= 11 is 0. The first-order chi connectivity index (χ1) is 5.97. The molecule has 0 amide bonds. The predicted molar refractivity (Wildman–Crippen MR) is 60.8 cm³/mol. The summed E-state index contributed by atoms with van der Waals surface area (Å²) in [6.07, 6.45) is 6.15. The van der Waals surface area contributed by atoms with Crippen molar-refractivity contribution in [2.24, 2.45) is 0 Å².